The highest BCUT2D eigenvalue weighted by Crippen LogP contribution is 2.28. The Balaban J connectivity index is 1.69. The molecule has 2 amide bonds. The molecule has 2 unspecified atom stereocenters. The molecule has 5 nitrogen and oxygen atoms in total. The topological polar surface area (TPSA) is 58.6 Å². The van der Waals surface area contributed by atoms with Crippen LogP contribution in [-0.4, -0.2) is 36.4 Å². The summed E-state index contributed by atoms with van der Waals surface area (Å²) in [6.45, 7) is 6.93. The second-order valence-electron chi connectivity index (χ2n) is 8.44. The third-order valence-corrected chi connectivity index (χ3v) is 5.70. The van der Waals surface area contributed by atoms with Gasteiger partial charge in [-0.25, -0.2) is 0 Å². The van der Waals surface area contributed by atoms with Crippen LogP contribution in [0, 0.1) is 5.92 Å². The van der Waals surface area contributed by atoms with Crippen LogP contribution < -0.4 is 10.1 Å². The molecule has 0 spiro atoms. The van der Waals surface area contributed by atoms with Crippen molar-refractivity contribution < 1.29 is 14.3 Å². The summed E-state index contributed by atoms with van der Waals surface area (Å²) < 4.78 is 5.32. The van der Waals surface area contributed by atoms with Crippen molar-refractivity contribution in [3.63, 3.8) is 0 Å². The standard InChI is InChI=1S/C25H32N2O3/c1-17(2)16-19-11-13-20(14-12-19)18(3)25(29)27-15-7-9-22(27)24(28)26-21-8-5-6-10-23(21)30-4/h5-6,8,10-14,17-18,22H,7,9,15-16H2,1-4H3,(H,26,28). The molecule has 1 fully saturated rings. The van der Waals surface area contributed by atoms with E-state index in [4.69, 9.17) is 4.74 Å². The first-order chi connectivity index (χ1) is 14.4. The summed E-state index contributed by atoms with van der Waals surface area (Å²) in [5, 5.41) is 2.93. The number of carbonyl (C=O) groups excluding carboxylic acids is 2. The number of benzene rings is 2. The first-order valence-corrected chi connectivity index (χ1v) is 10.7. The Morgan fingerprint density at radius 2 is 1.80 bits per heavy atom. The summed E-state index contributed by atoms with van der Waals surface area (Å²) in [5.41, 5.74) is 2.89. The van der Waals surface area contributed by atoms with Crippen molar-refractivity contribution in [2.75, 3.05) is 19.0 Å². The van der Waals surface area contributed by atoms with Crippen LogP contribution in [0.3, 0.4) is 0 Å². The minimum absolute atomic E-state index is 0.00397. The highest BCUT2D eigenvalue weighted by atomic mass is 16.5. The maximum absolute atomic E-state index is 13.2. The fourth-order valence-electron chi connectivity index (χ4n) is 4.07. The molecule has 0 radical (unpaired) electrons. The third kappa shape index (κ3) is 5.02. The lowest BCUT2D eigenvalue weighted by Crippen LogP contribution is -2.44. The zero-order chi connectivity index (χ0) is 21.7. The van der Waals surface area contributed by atoms with Crippen LogP contribution in [0.4, 0.5) is 5.69 Å². The van der Waals surface area contributed by atoms with Gasteiger partial charge in [0, 0.05) is 6.54 Å². The van der Waals surface area contributed by atoms with Gasteiger partial charge in [-0.2, -0.15) is 0 Å². The number of hydrogen-bond acceptors (Lipinski definition) is 3. The maximum Gasteiger partial charge on any atom is 0.247 e. The minimum Gasteiger partial charge on any atom is -0.495 e. The van der Waals surface area contributed by atoms with Gasteiger partial charge < -0.3 is 15.0 Å². The molecule has 1 aliphatic heterocycles. The molecule has 2 aromatic carbocycles. The first-order valence-electron chi connectivity index (χ1n) is 10.7. The average molecular weight is 409 g/mol. The number of likely N-dealkylation sites (tertiary alicyclic amines) is 1. The second-order valence-corrected chi connectivity index (χ2v) is 8.44. The first kappa shape index (κ1) is 21.9. The van der Waals surface area contributed by atoms with Crippen LogP contribution >= 0.6 is 0 Å². The zero-order valence-corrected chi connectivity index (χ0v) is 18.4. The summed E-state index contributed by atoms with van der Waals surface area (Å²) in [4.78, 5) is 27.9. The van der Waals surface area contributed by atoms with Crippen molar-refractivity contribution >= 4 is 17.5 Å². The lowest BCUT2D eigenvalue weighted by atomic mass is 9.95. The quantitative estimate of drug-likeness (QED) is 0.727. The number of hydrogen-bond donors (Lipinski definition) is 1. The van der Waals surface area contributed by atoms with Crippen LogP contribution in [-0.2, 0) is 16.0 Å². The van der Waals surface area contributed by atoms with Gasteiger partial charge in [-0.05, 0) is 55.4 Å². The van der Waals surface area contributed by atoms with E-state index >= 15 is 0 Å². The van der Waals surface area contributed by atoms with Gasteiger partial charge in [0.2, 0.25) is 11.8 Å². The van der Waals surface area contributed by atoms with Crippen molar-refractivity contribution in [3.05, 3.63) is 59.7 Å². The molecule has 0 aliphatic carbocycles. The van der Waals surface area contributed by atoms with Crippen LogP contribution in [0.15, 0.2) is 48.5 Å². The molecule has 2 atom stereocenters. The van der Waals surface area contributed by atoms with Gasteiger partial charge in [-0.15, -0.1) is 0 Å². The summed E-state index contributed by atoms with van der Waals surface area (Å²) in [7, 11) is 1.57. The zero-order valence-electron chi connectivity index (χ0n) is 18.4. The molecule has 1 aliphatic rings. The SMILES string of the molecule is COc1ccccc1NC(=O)C1CCCN1C(=O)C(C)c1ccc(CC(C)C)cc1. The predicted octanol–water partition coefficient (Wildman–Crippen LogP) is 4.63. The number of ether oxygens (including phenoxy) is 1. The van der Waals surface area contributed by atoms with Crippen molar-refractivity contribution in [2.24, 2.45) is 5.92 Å². The highest BCUT2D eigenvalue weighted by Gasteiger charge is 2.36. The van der Waals surface area contributed by atoms with Gasteiger partial charge in [-0.1, -0.05) is 50.2 Å². The van der Waals surface area contributed by atoms with Gasteiger partial charge >= 0.3 is 0 Å². The molecule has 5 heteroatoms. The maximum atomic E-state index is 13.2. The monoisotopic (exact) mass is 408 g/mol. The van der Waals surface area contributed by atoms with Crippen LogP contribution in [0.5, 0.6) is 5.75 Å². The Morgan fingerprint density at radius 1 is 1.10 bits per heavy atom. The summed E-state index contributed by atoms with van der Waals surface area (Å²) in [6.07, 6.45) is 2.53. The van der Waals surface area contributed by atoms with Crippen molar-refractivity contribution in [1.29, 1.82) is 0 Å². The Morgan fingerprint density at radius 3 is 2.47 bits per heavy atom. The summed E-state index contributed by atoms with van der Waals surface area (Å²) >= 11 is 0. The van der Waals surface area contributed by atoms with E-state index in [1.807, 2.05) is 31.2 Å². The molecular formula is C25H32N2O3. The van der Waals surface area contributed by atoms with E-state index in [9.17, 15) is 9.59 Å². The predicted molar refractivity (Wildman–Crippen MR) is 120 cm³/mol. The molecule has 1 saturated heterocycles. The third-order valence-electron chi connectivity index (χ3n) is 5.70. The van der Waals surface area contributed by atoms with Crippen molar-refractivity contribution in [1.82, 2.24) is 4.90 Å². The lowest BCUT2D eigenvalue weighted by molar-refractivity contribution is -0.137. The molecule has 160 valence electrons. The number of amides is 2. The number of nitrogens with zero attached hydrogens (tertiary/aromatic N) is 1. The number of carbonyl (C=O) groups is 2. The van der Waals surface area contributed by atoms with E-state index in [0.717, 1.165) is 18.4 Å². The fourth-order valence-corrected chi connectivity index (χ4v) is 4.07. The number of para-hydroxylation sites is 2. The highest BCUT2D eigenvalue weighted by molar-refractivity contribution is 5.99. The van der Waals surface area contributed by atoms with Gasteiger partial charge in [-0.3, -0.25) is 9.59 Å². The van der Waals surface area contributed by atoms with E-state index in [0.29, 0.717) is 30.3 Å². The second kappa shape index (κ2) is 9.79. The molecular weight excluding hydrogens is 376 g/mol. The number of nitrogens with one attached hydrogen (secondary N) is 1. The Labute approximate surface area is 179 Å². The van der Waals surface area contributed by atoms with Crippen molar-refractivity contribution in [3.8, 4) is 5.75 Å². The molecule has 0 aromatic heterocycles. The van der Waals surface area contributed by atoms with E-state index in [2.05, 4.69) is 31.3 Å². The molecule has 0 saturated carbocycles. The average Bonchev–Trinajstić information content (AvgIpc) is 3.23. The van der Waals surface area contributed by atoms with E-state index in [1.165, 1.54) is 5.56 Å². The molecule has 0 bridgehead atoms. The Kier molecular flexibility index (Phi) is 7.14. The number of rotatable bonds is 7. The molecule has 2 aromatic rings. The van der Waals surface area contributed by atoms with Crippen LogP contribution in [0.1, 0.15) is 50.7 Å². The van der Waals surface area contributed by atoms with E-state index < -0.39 is 6.04 Å². The molecule has 30 heavy (non-hydrogen) atoms. The lowest BCUT2D eigenvalue weighted by Gasteiger charge is -2.27. The van der Waals surface area contributed by atoms with Gasteiger partial charge in [0.05, 0.1) is 18.7 Å². The largest absolute Gasteiger partial charge is 0.495 e. The minimum atomic E-state index is -0.454. The summed E-state index contributed by atoms with van der Waals surface area (Å²) in [6, 6.07) is 15.2. The number of anilines is 1. The molecule has 1 N–H and O–H groups in total. The normalized spacial score (nSPS) is 17.1. The van der Waals surface area contributed by atoms with Crippen LogP contribution in [0.2, 0.25) is 0 Å². The Hall–Kier alpha value is -2.82. The molecule has 3 rings (SSSR count). The van der Waals surface area contributed by atoms with Gasteiger partial charge in [0.15, 0.2) is 0 Å². The van der Waals surface area contributed by atoms with E-state index in [1.54, 1.807) is 24.1 Å². The summed E-state index contributed by atoms with van der Waals surface area (Å²) in [5.74, 6) is 0.769. The Bertz CT molecular complexity index is 876. The van der Waals surface area contributed by atoms with Gasteiger partial charge in [0.1, 0.15) is 11.8 Å². The van der Waals surface area contributed by atoms with Crippen molar-refractivity contribution in [2.45, 2.75) is 52.0 Å². The van der Waals surface area contributed by atoms with E-state index in [-0.39, 0.29) is 17.7 Å². The fraction of sp³-hybridized carbons (Fsp3) is 0.440. The van der Waals surface area contributed by atoms with Crippen LogP contribution in [0.25, 0.3) is 0 Å². The molecule has 1 heterocycles. The number of methoxy groups -OCH3 is 1. The van der Waals surface area contributed by atoms with Gasteiger partial charge in [0.25, 0.3) is 0 Å². The smallest absolute Gasteiger partial charge is 0.247 e.